The lowest BCUT2D eigenvalue weighted by Crippen LogP contribution is -1.84. The van der Waals surface area contributed by atoms with Crippen LogP contribution in [0.25, 0.3) is 0 Å². The zero-order valence-corrected chi connectivity index (χ0v) is 31.2. The summed E-state index contributed by atoms with van der Waals surface area (Å²) in [5.74, 6) is 2.47. The van der Waals surface area contributed by atoms with Crippen molar-refractivity contribution >= 4 is 54.5 Å². The first-order valence-electron chi connectivity index (χ1n) is 17.8. The Hall–Kier alpha value is 0.960. The maximum Gasteiger partial charge on any atom is 0.185 e. The second-order valence-corrected chi connectivity index (χ2v) is 18.1. The standard InChI is InChI=1S/C34H66N2S5/c1-3-5-7-9-11-13-15-17-19-21-23-25-27-29-31-37-40-33-35-36-34(39-33)41-38-32-30-28-26-24-22-20-18-16-14-12-10-8-6-4-2/h3-32H2,1-2H3. The lowest BCUT2D eigenvalue weighted by atomic mass is 10.0. The van der Waals surface area contributed by atoms with Crippen molar-refractivity contribution in [3.05, 3.63) is 0 Å². The average Bonchev–Trinajstić information content (AvgIpc) is 3.44. The SMILES string of the molecule is CCCCCCCCCCCCCCCCSSc1nnc(SSCCCCCCCCCCCCCCCC)s1. The molecule has 0 saturated carbocycles. The van der Waals surface area contributed by atoms with E-state index in [9.17, 15) is 0 Å². The minimum absolute atomic E-state index is 1.12. The largest absolute Gasteiger partial charge is 0.185 e. The summed E-state index contributed by atoms with van der Waals surface area (Å²) in [4.78, 5) is 0. The van der Waals surface area contributed by atoms with Crippen molar-refractivity contribution < 1.29 is 0 Å². The van der Waals surface area contributed by atoms with Crippen LogP contribution in [0.3, 0.4) is 0 Å². The Bertz CT molecular complexity index is 578. The Balaban J connectivity index is 1.78. The fourth-order valence-corrected chi connectivity index (χ4v) is 11.0. The van der Waals surface area contributed by atoms with Crippen molar-refractivity contribution in [3.63, 3.8) is 0 Å². The third kappa shape index (κ3) is 29.4. The van der Waals surface area contributed by atoms with Crippen molar-refractivity contribution in [3.8, 4) is 0 Å². The first-order chi connectivity index (χ1) is 20.4. The van der Waals surface area contributed by atoms with Crippen LogP contribution in [-0.2, 0) is 0 Å². The van der Waals surface area contributed by atoms with E-state index in [0.29, 0.717) is 0 Å². The van der Waals surface area contributed by atoms with E-state index in [-0.39, 0.29) is 0 Å². The van der Waals surface area contributed by atoms with Gasteiger partial charge in [-0.05, 0) is 34.4 Å². The molecule has 242 valence electrons. The molecule has 0 N–H and O–H groups in total. The Kier molecular flexibility index (Phi) is 33.0. The van der Waals surface area contributed by atoms with E-state index in [1.807, 2.05) is 43.2 Å². The molecule has 0 saturated heterocycles. The van der Waals surface area contributed by atoms with Gasteiger partial charge in [0.1, 0.15) is 0 Å². The lowest BCUT2D eigenvalue weighted by molar-refractivity contribution is 0.538. The van der Waals surface area contributed by atoms with Gasteiger partial charge in [0.25, 0.3) is 0 Å². The Morgan fingerprint density at radius 1 is 0.366 bits per heavy atom. The molecule has 1 heterocycles. The number of aromatic nitrogens is 2. The van der Waals surface area contributed by atoms with Crippen LogP contribution in [0.15, 0.2) is 8.68 Å². The molecule has 0 fully saturated rings. The maximum absolute atomic E-state index is 4.39. The highest BCUT2D eigenvalue weighted by Gasteiger charge is 2.06. The number of hydrogen-bond acceptors (Lipinski definition) is 7. The van der Waals surface area contributed by atoms with Gasteiger partial charge in [-0.1, -0.05) is 214 Å². The van der Waals surface area contributed by atoms with Gasteiger partial charge >= 0.3 is 0 Å². The van der Waals surface area contributed by atoms with E-state index in [0.717, 1.165) is 8.68 Å². The van der Waals surface area contributed by atoms with Crippen molar-refractivity contribution in [1.29, 1.82) is 0 Å². The molecule has 0 unspecified atom stereocenters. The normalized spacial score (nSPS) is 11.6. The minimum Gasteiger partial charge on any atom is -0.130 e. The summed E-state index contributed by atoms with van der Waals surface area (Å²) in [7, 11) is 7.59. The van der Waals surface area contributed by atoms with E-state index in [1.165, 1.54) is 191 Å². The van der Waals surface area contributed by atoms with Crippen molar-refractivity contribution in [2.45, 2.75) is 202 Å². The molecule has 0 atom stereocenters. The van der Waals surface area contributed by atoms with E-state index in [2.05, 4.69) is 24.0 Å². The Morgan fingerprint density at radius 2 is 0.610 bits per heavy atom. The highest BCUT2D eigenvalue weighted by atomic mass is 33.1. The molecule has 0 radical (unpaired) electrons. The zero-order valence-electron chi connectivity index (χ0n) is 27.1. The van der Waals surface area contributed by atoms with Gasteiger partial charge in [0.15, 0.2) is 8.68 Å². The van der Waals surface area contributed by atoms with Crippen LogP contribution in [-0.4, -0.2) is 21.7 Å². The molecule has 1 rings (SSSR count). The number of unbranched alkanes of at least 4 members (excludes halogenated alkanes) is 26. The van der Waals surface area contributed by atoms with Crippen LogP contribution < -0.4 is 0 Å². The highest BCUT2D eigenvalue weighted by molar-refractivity contribution is 8.77. The quantitative estimate of drug-likeness (QED) is 0.0538. The average molecular weight is 663 g/mol. The topological polar surface area (TPSA) is 25.8 Å². The molecule has 0 aliphatic carbocycles. The van der Waals surface area contributed by atoms with Crippen molar-refractivity contribution in [2.75, 3.05) is 11.5 Å². The lowest BCUT2D eigenvalue weighted by Gasteiger charge is -2.03. The van der Waals surface area contributed by atoms with Gasteiger partial charge in [0.2, 0.25) is 0 Å². The van der Waals surface area contributed by atoms with Gasteiger partial charge < -0.3 is 0 Å². The molecule has 7 heteroatoms. The Labute approximate surface area is 276 Å². The van der Waals surface area contributed by atoms with Gasteiger partial charge in [-0.25, -0.2) is 0 Å². The number of rotatable bonds is 34. The molecule has 0 amide bonds. The molecular formula is C34H66N2S5. The summed E-state index contributed by atoms with van der Waals surface area (Å²) in [6, 6.07) is 0. The van der Waals surface area contributed by atoms with Crippen LogP contribution >= 0.6 is 54.5 Å². The summed E-state index contributed by atoms with van der Waals surface area (Å²) in [5, 5.41) is 8.78. The smallest absolute Gasteiger partial charge is 0.130 e. The predicted octanol–water partition coefficient (Wildman–Crippen LogP) is 15.0. The first-order valence-corrected chi connectivity index (χ1v) is 23.2. The summed E-state index contributed by atoms with van der Waals surface area (Å²) >= 11 is 1.77. The predicted molar refractivity (Wildman–Crippen MR) is 197 cm³/mol. The molecule has 41 heavy (non-hydrogen) atoms. The molecule has 0 spiro atoms. The van der Waals surface area contributed by atoms with E-state index in [4.69, 9.17) is 0 Å². The van der Waals surface area contributed by atoms with E-state index < -0.39 is 0 Å². The molecule has 1 aromatic heterocycles. The molecule has 0 aliphatic heterocycles. The third-order valence-corrected chi connectivity index (χ3v) is 14.2. The van der Waals surface area contributed by atoms with Crippen LogP contribution in [0.1, 0.15) is 194 Å². The minimum atomic E-state index is 1.12. The summed E-state index contributed by atoms with van der Waals surface area (Å²) < 4.78 is 2.25. The zero-order chi connectivity index (χ0) is 29.3. The molecule has 2 nitrogen and oxygen atoms in total. The van der Waals surface area contributed by atoms with Gasteiger partial charge in [-0.15, -0.1) is 10.2 Å². The number of nitrogens with zero attached hydrogens (tertiary/aromatic N) is 2. The summed E-state index contributed by atoms with van der Waals surface area (Å²) in [6.07, 6.45) is 40.0. The Morgan fingerprint density at radius 3 is 0.878 bits per heavy atom. The summed E-state index contributed by atoms with van der Waals surface area (Å²) in [6.45, 7) is 4.60. The maximum atomic E-state index is 4.39. The van der Waals surface area contributed by atoms with Crippen molar-refractivity contribution in [2.24, 2.45) is 0 Å². The van der Waals surface area contributed by atoms with Crippen LogP contribution in [0.5, 0.6) is 0 Å². The third-order valence-electron chi connectivity index (χ3n) is 7.81. The van der Waals surface area contributed by atoms with E-state index >= 15 is 0 Å². The molecule has 0 bridgehead atoms. The van der Waals surface area contributed by atoms with E-state index in [1.54, 1.807) is 11.3 Å². The highest BCUT2D eigenvalue weighted by Crippen LogP contribution is 2.40. The summed E-state index contributed by atoms with van der Waals surface area (Å²) in [5.41, 5.74) is 0. The first kappa shape index (κ1) is 40.0. The second kappa shape index (κ2) is 33.8. The number of hydrogen-bond donors (Lipinski definition) is 0. The monoisotopic (exact) mass is 662 g/mol. The van der Waals surface area contributed by atoms with Crippen LogP contribution in [0.2, 0.25) is 0 Å². The molecule has 0 aromatic carbocycles. The molecule has 0 aliphatic rings. The van der Waals surface area contributed by atoms with Crippen LogP contribution in [0, 0.1) is 0 Å². The van der Waals surface area contributed by atoms with Crippen molar-refractivity contribution in [1.82, 2.24) is 10.2 Å². The molecule has 1 aromatic rings. The van der Waals surface area contributed by atoms with Gasteiger partial charge in [0.05, 0.1) is 0 Å². The van der Waals surface area contributed by atoms with Gasteiger partial charge in [-0.2, -0.15) is 0 Å². The van der Waals surface area contributed by atoms with Crippen LogP contribution in [0.4, 0.5) is 0 Å². The van der Waals surface area contributed by atoms with Gasteiger partial charge in [0, 0.05) is 11.5 Å². The fraction of sp³-hybridized carbons (Fsp3) is 0.941. The molecular weight excluding hydrogens is 597 g/mol. The fourth-order valence-electron chi connectivity index (χ4n) is 5.16. The van der Waals surface area contributed by atoms with Gasteiger partial charge in [-0.3, -0.25) is 0 Å². The second-order valence-electron chi connectivity index (χ2n) is 11.8.